The molecule has 29 heavy (non-hydrogen) atoms. The number of nitrogens with two attached hydrogens (primary N) is 1. The van der Waals surface area contributed by atoms with Gasteiger partial charge in [0.05, 0.1) is 10.4 Å². The van der Waals surface area contributed by atoms with Crippen LogP contribution < -0.4 is 10.5 Å². The van der Waals surface area contributed by atoms with E-state index in [1.807, 2.05) is 24.3 Å². The molecule has 0 unspecified atom stereocenters. The summed E-state index contributed by atoms with van der Waals surface area (Å²) in [6.07, 6.45) is 2.47. The van der Waals surface area contributed by atoms with Crippen LogP contribution in [0.15, 0.2) is 53.4 Å². The van der Waals surface area contributed by atoms with E-state index in [-0.39, 0.29) is 4.90 Å². The summed E-state index contributed by atoms with van der Waals surface area (Å²) in [6, 6.07) is 14.4. The standard InChI is InChI=1S/C20H22N6O2S/c1-2-5-18-24-19-16-6-3-4-7-17(16)23-20(26(19)25-18)22-13-12-14-8-10-15(11-9-14)29(21,27)28/h3-4,6-11H,2,5,12-13H2,1H3,(H,22,23)(H2,21,27,28). The van der Waals surface area contributed by atoms with Crippen molar-refractivity contribution < 1.29 is 8.42 Å². The predicted octanol–water partition coefficient (Wildman–Crippen LogP) is 2.53. The van der Waals surface area contributed by atoms with Gasteiger partial charge in [0.1, 0.15) is 0 Å². The maximum Gasteiger partial charge on any atom is 0.238 e. The van der Waals surface area contributed by atoms with Crippen molar-refractivity contribution in [1.82, 2.24) is 19.6 Å². The summed E-state index contributed by atoms with van der Waals surface area (Å²) in [6.45, 7) is 2.71. The molecule has 2 aromatic heterocycles. The van der Waals surface area contributed by atoms with Crippen molar-refractivity contribution in [3.05, 3.63) is 59.9 Å². The van der Waals surface area contributed by atoms with Crippen LogP contribution in [-0.4, -0.2) is 34.5 Å². The fourth-order valence-corrected chi connectivity index (χ4v) is 3.72. The van der Waals surface area contributed by atoms with Gasteiger partial charge in [0.15, 0.2) is 11.5 Å². The lowest BCUT2D eigenvalue weighted by Crippen LogP contribution is -2.13. The third kappa shape index (κ3) is 4.06. The SMILES string of the molecule is CCCc1nc2c3ccccc3nc(NCCc3ccc(S(N)(=O)=O)cc3)n2n1. The van der Waals surface area contributed by atoms with Crippen molar-refractivity contribution in [3.63, 3.8) is 0 Å². The molecule has 9 heteroatoms. The highest BCUT2D eigenvalue weighted by Crippen LogP contribution is 2.21. The van der Waals surface area contributed by atoms with Crippen LogP contribution in [0.1, 0.15) is 24.7 Å². The second kappa shape index (κ2) is 7.76. The van der Waals surface area contributed by atoms with E-state index in [4.69, 9.17) is 15.1 Å². The minimum atomic E-state index is -3.67. The van der Waals surface area contributed by atoms with E-state index in [0.717, 1.165) is 40.8 Å². The second-order valence-electron chi connectivity index (χ2n) is 6.83. The van der Waals surface area contributed by atoms with Gasteiger partial charge in [0.25, 0.3) is 0 Å². The number of fused-ring (bicyclic) bond motifs is 3. The lowest BCUT2D eigenvalue weighted by molar-refractivity contribution is 0.598. The fraction of sp³-hybridized carbons (Fsp3) is 0.250. The highest BCUT2D eigenvalue weighted by Gasteiger charge is 2.13. The normalized spacial score (nSPS) is 11.9. The number of benzene rings is 2. The van der Waals surface area contributed by atoms with Crippen molar-refractivity contribution in [2.24, 2.45) is 5.14 Å². The molecule has 4 rings (SSSR count). The highest BCUT2D eigenvalue weighted by molar-refractivity contribution is 7.89. The number of rotatable bonds is 7. The zero-order valence-electron chi connectivity index (χ0n) is 16.0. The Kier molecular flexibility index (Phi) is 5.16. The topological polar surface area (TPSA) is 115 Å². The minimum Gasteiger partial charge on any atom is -0.354 e. The first-order valence-corrected chi connectivity index (χ1v) is 11.0. The molecular weight excluding hydrogens is 388 g/mol. The molecule has 0 amide bonds. The summed E-state index contributed by atoms with van der Waals surface area (Å²) in [5.74, 6) is 1.43. The van der Waals surface area contributed by atoms with Crippen LogP contribution in [0.3, 0.4) is 0 Å². The number of nitrogens with zero attached hydrogens (tertiary/aromatic N) is 4. The van der Waals surface area contributed by atoms with E-state index in [0.29, 0.717) is 18.9 Å². The molecule has 2 heterocycles. The molecule has 0 fully saturated rings. The quantitative estimate of drug-likeness (QED) is 0.484. The van der Waals surface area contributed by atoms with E-state index >= 15 is 0 Å². The molecule has 0 aliphatic rings. The lowest BCUT2D eigenvalue weighted by atomic mass is 10.1. The Morgan fingerprint density at radius 1 is 1.03 bits per heavy atom. The zero-order valence-corrected chi connectivity index (χ0v) is 16.9. The molecule has 0 aliphatic heterocycles. The molecule has 0 radical (unpaired) electrons. The number of sulfonamides is 1. The van der Waals surface area contributed by atoms with Crippen molar-refractivity contribution in [3.8, 4) is 0 Å². The molecule has 0 bridgehead atoms. The first kappa shape index (κ1) is 19.3. The van der Waals surface area contributed by atoms with Gasteiger partial charge >= 0.3 is 0 Å². The summed E-state index contributed by atoms with van der Waals surface area (Å²) in [7, 11) is -3.67. The van der Waals surface area contributed by atoms with Crippen molar-refractivity contribution in [2.45, 2.75) is 31.1 Å². The number of nitrogens with one attached hydrogen (secondary N) is 1. The smallest absolute Gasteiger partial charge is 0.238 e. The number of anilines is 1. The minimum absolute atomic E-state index is 0.109. The molecule has 8 nitrogen and oxygen atoms in total. The van der Waals surface area contributed by atoms with Crippen molar-refractivity contribution in [1.29, 1.82) is 0 Å². The summed E-state index contributed by atoms with van der Waals surface area (Å²) < 4.78 is 24.5. The van der Waals surface area contributed by atoms with E-state index in [1.165, 1.54) is 12.1 Å². The van der Waals surface area contributed by atoms with Gasteiger partial charge in [-0.2, -0.15) is 4.52 Å². The van der Waals surface area contributed by atoms with Crippen LogP contribution >= 0.6 is 0 Å². The van der Waals surface area contributed by atoms with Crippen molar-refractivity contribution >= 4 is 32.5 Å². The molecule has 0 saturated carbocycles. The lowest BCUT2D eigenvalue weighted by Gasteiger charge is -2.09. The Labute approximate surface area is 168 Å². The number of hydrogen-bond donors (Lipinski definition) is 2. The zero-order chi connectivity index (χ0) is 20.4. The predicted molar refractivity (Wildman–Crippen MR) is 112 cm³/mol. The van der Waals surface area contributed by atoms with Gasteiger partial charge < -0.3 is 5.32 Å². The van der Waals surface area contributed by atoms with Gasteiger partial charge in [-0.1, -0.05) is 31.2 Å². The number of para-hydroxylation sites is 1. The van der Waals surface area contributed by atoms with Gasteiger partial charge in [-0.25, -0.2) is 23.5 Å². The number of hydrogen-bond acceptors (Lipinski definition) is 6. The Balaban J connectivity index is 1.58. The fourth-order valence-electron chi connectivity index (χ4n) is 3.21. The number of primary sulfonamides is 1. The summed E-state index contributed by atoms with van der Waals surface area (Å²) in [4.78, 5) is 9.51. The molecule has 3 N–H and O–H groups in total. The third-order valence-electron chi connectivity index (χ3n) is 4.65. The molecule has 0 aliphatic carbocycles. The number of aromatic nitrogens is 4. The van der Waals surface area contributed by atoms with Crippen LogP contribution in [0.4, 0.5) is 5.95 Å². The summed E-state index contributed by atoms with van der Waals surface area (Å²) >= 11 is 0. The second-order valence-corrected chi connectivity index (χ2v) is 8.39. The van der Waals surface area contributed by atoms with Gasteiger partial charge in [-0.15, -0.1) is 5.10 Å². The summed E-state index contributed by atoms with van der Waals surface area (Å²) in [5, 5.41) is 14.1. The molecule has 4 aromatic rings. The van der Waals surface area contributed by atoms with E-state index in [2.05, 4.69) is 17.3 Å². The van der Waals surface area contributed by atoms with Crippen LogP contribution in [0.2, 0.25) is 0 Å². The average Bonchev–Trinajstić information content (AvgIpc) is 3.12. The molecule has 150 valence electrons. The summed E-state index contributed by atoms with van der Waals surface area (Å²) in [5.41, 5.74) is 2.64. The molecule has 0 spiro atoms. The van der Waals surface area contributed by atoms with Gasteiger partial charge in [0.2, 0.25) is 16.0 Å². The maximum absolute atomic E-state index is 11.4. The van der Waals surface area contributed by atoms with Crippen LogP contribution in [0, 0.1) is 0 Å². The molecule has 0 atom stereocenters. The first-order chi connectivity index (χ1) is 14.0. The van der Waals surface area contributed by atoms with E-state index < -0.39 is 10.0 Å². The number of aryl methyl sites for hydroxylation is 1. The molecule has 0 saturated heterocycles. The van der Waals surface area contributed by atoms with Gasteiger partial charge in [-0.05, 0) is 42.7 Å². The Morgan fingerprint density at radius 3 is 2.52 bits per heavy atom. The van der Waals surface area contributed by atoms with E-state index in [9.17, 15) is 8.42 Å². The largest absolute Gasteiger partial charge is 0.354 e. The highest BCUT2D eigenvalue weighted by atomic mass is 32.2. The monoisotopic (exact) mass is 410 g/mol. The average molecular weight is 411 g/mol. The van der Waals surface area contributed by atoms with Crippen LogP contribution in [-0.2, 0) is 22.9 Å². The van der Waals surface area contributed by atoms with Gasteiger partial charge in [0, 0.05) is 18.4 Å². The van der Waals surface area contributed by atoms with E-state index in [1.54, 1.807) is 16.6 Å². The molecule has 2 aromatic carbocycles. The van der Waals surface area contributed by atoms with Gasteiger partial charge in [-0.3, -0.25) is 0 Å². The Bertz CT molecular complexity index is 1270. The Hall–Kier alpha value is -3.04. The van der Waals surface area contributed by atoms with Crippen molar-refractivity contribution in [2.75, 3.05) is 11.9 Å². The Morgan fingerprint density at radius 2 is 1.79 bits per heavy atom. The van der Waals surface area contributed by atoms with Crippen LogP contribution in [0.5, 0.6) is 0 Å². The van der Waals surface area contributed by atoms with Crippen LogP contribution in [0.25, 0.3) is 16.6 Å². The maximum atomic E-state index is 11.4. The molecular formula is C20H22N6O2S. The third-order valence-corrected chi connectivity index (χ3v) is 5.57. The first-order valence-electron chi connectivity index (χ1n) is 9.45.